The van der Waals surface area contributed by atoms with Crippen LogP contribution >= 0.6 is 0 Å². The first-order chi connectivity index (χ1) is 14.1. The molecule has 0 N–H and O–H groups in total. The van der Waals surface area contributed by atoms with Gasteiger partial charge in [0.25, 0.3) is 0 Å². The maximum absolute atomic E-state index is 14.0. The highest BCUT2D eigenvalue weighted by molar-refractivity contribution is 5.89. The molecule has 152 valence electrons. The molecule has 5 heteroatoms. The van der Waals surface area contributed by atoms with Crippen LogP contribution in [0.4, 0.5) is 0 Å². The Labute approximate surface area is 172 Å². The first kappa shape index (κ1) is 18.8. The Morgan fingerprint density at radius 3 is 2.69 bits per heavy atom. The van der Waals surface area contributed by atoms with Gasteiger partial charge in [0.15, 0.2) is 5.79 Å². The zero-order valence-corrected chi connectivity index (χ0v) is 17.0. The smallest absolute Gasteiger partial charge is 0.233 e. The van der Waals surface area contributed by atoms with Gasteiger partial charge in [0, 0.05) is 37.8 Å². The van der Waals surface area contributed by atoms with Crippen molar-refractivity contribution in [3.63, 3.8) is 0 Å². The second-order valence-electron chi connectivity index (χ2n) is 8.67. The number of aryl methyl sites for hydroxylation is 1. The summed E-state index contributed by atoms with van der Waals surface area (Å²) in [6, 6.07) is 14.5. The van der Waals surface area contributed by atoms with Gasteiger partial charge in [0.2, 0.25) is 5.91 Å². The quantitative estimate of drug-likeness (QED) is 0.801. The summed E-state index contributed by atoms with van der Waals surface area (Å²) in [5.41, 5.74) is 2.78. The fraction of sp³-hybridized carbons (Fsp3) is 0.500. The van der Waals surface area contributed by atoms with Gasteiger partial charge in [-0.15, -0.1) is 0 Å². The lowest BCUT2D eigenvalue weighted by molar-refractivity contribution is -0.206. The van der Waals surface area contributed by atoms with Crippen molar-refractivity contribution < 1.29 is 14.3 Å². The topological polar surface area (TPSA) is 51.7 Å². The molecule has 2 atom stereocenters. The Bertz CT molecular complexity index is 894. The molecule has 1 saturated carbocycles. The van der Waals surface area contributed by atoms with Crippen LogP contribution in [0, 0.1) is 12.8 Å². The third-order valence-corrected chi connectivity index (χ3v) is 7.01. The lowest BCUT2D eigenvalue weighted by Gasteiger charge is -2.53. The molecule has 1 amide bonds. The predicted octanol–water partition coefficient (Wildman–Crippen LogP) is 3.60. The van der Waals surface area contributed by atoms with Crippen molar-refractivity contribution in [3.05, 3.63) is 65.5 Å². The molecule has 0 radical (unpaired) electrons. The van der Waals surface area contributed by atoms with Crippen molar-refractivity contribution in [2.24, 2.45) is 5.92 Å². The van der Waals surface area contributed by atoms with Crippen LogP contribution in [-0.2, 0) is 26.2 Å². The van der Waals surface area contributed by atoms with Crippen molar-refractivity contribution in [1.29, 1.82) is 0 Å². The largest absolute Gasteiger partial charge is 0.348 e. The van der Waals surface area contributed by atoms with E-state index in [0.717, 1.165) is 49.0 Å². The summed E-state index contributed by atoms with van der Waals surface area (Å²) in [5, 5.41) is 0. The van der Waals surface area contributed by atoms with Crippen molar-refractivity contribution >= 4 is 5.91 Å². The molecule has 3 fully saturated rings. The van der Waals surface area contributed by atoms with E-state index in [2.05, 4.69) is 23.2 Å². The minimum absolute atomic E-state index is 0.236. The Balaban J connectivity index is 1.49. The molecule has 1 aromatic heterocycles. The average Bonchev–Trinajstić information content (AvgIpc) is 3.19. The van der Waals surface area contributed by atoms with E-state index in [1.165, 1.54) is 0 Å². The zero-order valence-electron chi connectivity index (χ0n) is 17.0. The fourth-order valence-corrected chi connectivity index (χ4v) is 5.64. The number of nitrogens with zero attached hydrogens (tertiary/aromatic N) is 2. The van der Waals surface area contributed by atoms with Crippen molar-refractivity contribution in [2.75, 3.05) is 19.8 Å². The van der Waals surface area contributed by atoms with Gasteiger partial charge in [-0.05, 0) is 48.9 Å². The lowest BCUT2D eigenvalue weighted by atomic mass is 9.57. The molecular formula is C24H28N2O3. The zero-order chi connectivity index (χ0) is 19.9. The molecule has 1 spiro atoms. The first-order valence-corrected chi connectivity index (χ1v) is 10.7. The molecule has 2 aromatic rings. The maximum atomic E-state index is 14.0. The highest BCUT2D eigenvalue weighted by Gasteiger charge is 2.58. The third-order valence-electron chi connectivity index (χ3n) is 7.01. The second kappa shape index (κ2) is 7.22. The number of aromatic nitrogens is 1. The SMILES string of the molecule is Cc1cc(CN2CCC3CC4(CCC3(c3ccccc3)C2=O)OCCO4)ccn1. The number of carbonyl (C=O) groups is 1. The van der Waals surface area contributed by atoms with Crippen LogP contribution in [0.25, 0.3) is 0 Å². The average molecular weight is 392 g/mol. The molecule has 3 heterocycles. The number of carbonyl (C=O) groups excluding carboxylic acids is 1. The number of piperidine rings is 1. The summed E-state index contributed by atoms with van der Waals surface area (Å²) >= 11 is 0. The molecule has 1 aromatic carbocycles. The molecule has 2 saturated heterocycles. The number of hydrogen-bond donors (Lipinski definition) is 0. The molecule has 5 rings (SSSR count). The van der Waals surface area contributed by atoms with Crippen LogP contribution in [0.3, 0.4) is 0 Å². The van der Waals surface area contributed by atoms with Crippen LogP contribution in [0.2, 0.25) is 0 Å². The summed E-state index contributed by atoms with van der Waals surface area (Å²) in [6.45, 7) is 4.72. The monoisotopic (exact) mass is 392 g/mol. The highest BCUT2D eigenvalue weighted by atomic mass is 16.7. The molecule has 0 bridgehead atoms. The van der Waals surface area contributed by atoms with Crippen LogP contribution < -0.4 is 0 Å². The van der Waals surface area contributed by atoms with Gasteiger partial charge in [-0.2, -0.15) is 0 Å². The van der Waals surface area contributed by atoms with Crippen LogP contribution in [0.5, 0.6) is 0 Å². The Morgan fingerprint density at radius 2 is 1.93 bits per heavy atom. The summed E-state index contributed by atoms with van der Waals surface area (Å²) in [6.07, 6.45) is 5.14. The Hall–Kier alpha value is -2.24. The second-order valence-corrected chi connectivity index (χ2v) is 8.67. The molecule has 29 heavy (non-hydrogen) atoms. The number of benzene rings is 1. The first-order valence-electron chi connectivity index (χ1n) is 10.7. The van der Waals surface area contributed by atoms with E-state index in [1.807, 2.05) is 42.3 Å². The van der Waals surface area contributed by atoms with Gasteiger partial charge in [-0.3, -0.25) is 9.78 Å². The van der Waals surface area contributed by atoms with E-state index in [0.29, 0.717) is 19.8 Å². The van der Waals surface area contributed by atoms with Gasteiger partial charge in [0.05, 0.1) is 18.6 Å². The minimum Gasteiger partial charge on any atom is -0.348 e. The van der Waals surface area contributed by atoms with Gasteiger partial charge >= 0.3 is 0 Å². The van der Waals surface area contributed by atoms with E-state index in [1.54, 1.807) is 0 Å². The molecule has 2 aliphatic heterocycles. The number of ether oxygens (including phenoxy) is 2. The van der Waals surface area contributed by atoms with Gasteiger partial charge in [-0.1, -0.05) is 30.3 Å². The van der Waals surface area contributed by atoms with Gasteiger partial charge < -0.3 is 14.4 Å². The summed E-state index contributed by atoms with van der Waals surface area (Å²) < 4.78 is 12.1. The lowest BCUT2D eigenvalue weighted by Crippen LogP contribution is -2.60. The van der Waals surface area contributed by atoms with Crippen molar-refractivity contribution in [3.8, 4) is 0 Å². The number of hydrogen-bond acceptors (Lipinski definition) is 4. The maximum Gasteiger partial charge on any atom is 0.233 e. The van der Waals surface area contributed by atoms with Crippen LogP contribution in [-0.4, -0.2) is 41.3 Å². The van der Waals surface area contributed by atoms with Crippen LogP contribution in [0.1, 0.15) is 42.5 Å². The van der Waals surface area contributed by atoms with Crippen molar-refractivity contribution in [1.82, 2.24) is 9.88 Å². The van der Waals surface area contributed by atoms with E-state index in [4.69, 9.17) is 9.47 Å². The highest BCUT2D eigenvalue weighted by Crippen LogP contribution is 2.53. The molecule has 5 nitrogen and oxygen atoms in total. The van der Waals surface area contributed by atoms with Crippen molar-refractivity contribution in [2.45, 2.75) is 50.4 Å². The summed E-state index contributed by atoms with van der Waals surface area (Å²) in [7, 11) is 0. The van der Waals surface area contributed by atoms with Gasteiger partial charge in [0.1, 0.15) is 0 Å². The molecule has 2 unspecified atom stereocenters. The molecule has 3 aliphatic rings. The van der Waals surface area contributed by atoms with Crippen LogP contribution in [0.15, 0.2) is 48.7 Å². The fourth-order valence-electron chi connectivity index (χ4n) is 5.64. The summed E-state index contributed by atoms with van der Waals surface area (Å²) in [4.78, 5) is 20.3. The number of pyridine rings is 1. The summed E-state index contributed by atoms with van der Waals surface area (Å²) in [5.74, 6) is 0.00934. The number of fused-ring (bicyclic) bond motifs is 1. The van der Waals surface area contributed by atoms with E-state index in [9.17, 15) is 4.79 Å². The normalized spacial score (nSPS) is 28.5. The van der Waals surface area contributed by atoms with Gasteiger partial charge in [-0.25, -0.2) is 0 Å². The molecule has 1 aliphatic carbocycles. The number of rotatable bonds is 3. The third kappa shape index (κ3) is 3.17. The molecular weight excluding hydrogens is 364 g/mol. The van der Waals surface area contributed by atoms with E-state index < -0.39 is 11.2 Å². The van der Waals surface area contributed by atoms with E-state index in [-0.39, 0.29) is 11.8 Å². The standard InChI is InChI=1S/C24H28N2O3/c1-18-15-19(7-11-25-18)17-26-12-8-21-16-23(28-13-14-29-23)9-10-24(21,22(26)27)20-5-3-2-4-6-20/h2-7,11,15,21H,8-10,12-14,16-17H2,1H3. The number of amides is 1. The minimum atomic E-state index is -0.484. The Morgan fingerprint density at radius 1 is 1.14 bits per heavy atom. The van der Waals surface area contributed by atoms with E-state index >= 15 is 0 Å². The number of likely N-dealkylation sites (tertiary alicyclic amines) is 1. The predicted molar refractivity (Wildman–Crippen MR) is 109 cm³/mol. The Kier molecular flexibility index (Phi) is 4.67.